The summed E-state index contributed by atoms with van der Waals surface area (Å²) in [6.07, 6.45) is 3.26. The Morgan fingerprint density at radius 1 is 1.09 bits per heavy atom. The number of furan rings is 1. The summed E-state index contributed by atoms with van der Waals surface area (Å²) in [5.74, 6) is 0.375. The predicted molar refractivity (Wildman–Crippen MR) is 132 cm³/mol. The number of benzene rings is 3. The molecule has 1 N–H and O–H groups in total. The summed E-state index contributed by atoms with van der Waals surface area (Å²) < 4.78 is 11.6. The minimum atomic E-state index is -0.275. The van der Waals surface area contributed by atoms with Crippen molar-refractivity contribution in [1.29, 1.82) is 0 Å². The molecular formula is C26H21Cl2NO3. The highest BCUT2D eigenvalue weighted by Crippen LogP contribution is 2.38. The first kappa shape index (κ1) is 22.0. The van der Waals surface area contributed by atoms with Gasteiger partial charge in [-0.25, -0.2) is 0 Å². The second-order valence-electron chi connectivity index (χ2n) is 7.23. The second kappa shape index (κ2) is 9.51. The molecule has 0 aliphatic carbocycles. The first-order valence-corrected chi connectivity index (χ1v) is 10.9. The number of hydrogen-bond acceptors (Lipinski definition) is 3. The highest BCUT2D eigenvalue weighted by Gasteiger charge is 2.15. The molecule has 0 atom stereocenters. The van der Waals surface area contributed by atoms with Crippen molar-refractivity contribution in [2.75, 3.05) is 11.9 Å². The number of carbonyl (C=O) groups excluding carboxylic acids is 1. The number of halogens is 2. The van der Waals surface area contributed by atoms with Crippen molar-refractivity contribution >= 4 is 51.3 Å². The van der Waals surface area contributed by atoms with Gasteiger partial charge in [-0.2, -0.15) is 0 Å². The Balaban J connectivity index is 1.73. The third kappa shape index (κ3) is 4.67. The van der Waals surface area contributed by atoms with E-state index in [1.54, 1.807) is 18.4 Å². The van der Waals surface area contributed by atoms with Gasteiger partial charge in [0.05, 0.1) is 23.6 Å². The van der Waals surface area contributed by atoms with Crippen LogP contribution in [0.3, 0.4) is 0 Å². The van der Waals surface area contributed by atoms with Gasteiger partial charge >= 0.3 is 0 Å². The number of allylic oxidation sites excluding steroid dienone is 1. The van der Waals surface area contributed by atoms with E-state index in [9.17, 15) is 4.79 Å². The quantitative estimate of drug-likeness (QED) is 0.295. The molecule has 1 amide bonds. The van der Waals surface area contributed by atoms with Crippen LogP contribution in [-0.4, -0.2) is 12.5 Å². The maximum absolute atomic E-state index is 12.6. The molecule has 32 heavy (non-hydrogen) atoms. The first-order valence-electron chi connectivity index (χ1n) is 10.1. The zero-order valence-electron chi connectivity index (χ0n) is 17.6. The Morgan fingerprint density at radius 2 is 1.84 bits per heavy atom. The average molecular weight is 466 g/mol. The number of carbonyl (C=O) groups is 1. The van der Waals surface area contributed by atoms with E-state index in [-0.39, 0.29) is 5.91 Å². The fraction of sp³-hybridized carbons (Fsp3) is 0.115. The van der Waals surface area contributed by atoms with Crippen LogP contribution in [0.4, 0.5) is 5.69 Å². The lowest BCUT2D eigenvalue weighted by Crippen LogP contribution is -2.09. The zero-order chi connectivity index (χ0) is 22.7. The molecule has 0 bridgehead atoms. The van der Waals surface area contributed by atoms with Crippen molar-refractivity contribution in [1.82, 2.24) is 0 Å². The van der Waals surface area contributed by atoms with Crippen LogP contribution in [0.2, 0.25) is 10.0 Å². The van der Waals surface area contributed by atoms with Crippen molar-refractivity contribution in [2.24, 2.45) is 0 Å². The van der Waals surface area contributed by atoms with Gasteiger partial charge in [-0.3, -0.25) is 4.79 Å². The fourth-order valence-corrected chi connectivity index (χ4v) is 3.81. The van der Waals surface area contributed by atoms with Gasteiger partial charge < -0.3 is 14.5 Å². The van der Waals surface area contributed by atoms with E-state index in [1.807, 2.05) is 62.4 Å². The van der Waals surface area contributed by atoms with E-state index >= 15 is 0 Å². The third-order valence-corrected chi connectivity index (χ3v) is 5.62. The van der Waals surface area contributed by atoms with Crippen molar-refractivity contribution in [3.05, 3.63) is 88.6 Å². The highest BCUT2D eigenvalue weighted by molar-refractivity contribution is 6.33. The van der Waals surface area contributed by atoms with Crippen molar-refractivity contribution in [3.63, 3.8) is 0 Å². The minimum Gasteiger partial charge on any atom is -0.493 e. The summed E-state index contributed by atoms with van der Waals surface area (Å²) in [6.45, 7) is 4.28. The molecule has 0 unspecified atom stereocenters. The number of hydrogen-bond donors (Lipinski definition) is 1. The number of amides is 1. The lowest BCUT2D eigenvalue weighted by Gasteiger charge is -2.12. The number of fused-ring (bicyclic) bond motifs is 1. The summed E-state index contributed by atoms with van der Waals surface area (Å²) in [6, 6.07) is 18.5. The molecule has 0 saturated heterocycles. The Hall–Kier alpha value is -3.21. The van der Waals surface area contributed by atoms with Gasteiger partial charge in [0.25, 0.3) is 0 Å². The highest BCUT2D eigenvalue weighted by atomic mass is 35.5. The van der Waals surface area contributed by atoms with Crippen molar-refractivity contribution < 1.29 is 13.9 Å². The molecular weight excluding hydrogens is 445 g/mol. The van der Waals surface area contributed by atoms with Crippen LogP contribution >= 0.6 is 23.2 Å². The van der Waals surface area contributed by atoms with Gasteiger partial charge in [-0.15, -0.1) is 0 Å². The van der Waals surface area contributed by atoms with Gasteiger partial charge in [-0.1, -0.05) is 47.5 Å². The van der Waals surface area contributed by atoms with E-state index in [4.69, 9.17) is 32.4 Å². The largest absolute Gasteiger partial charge is 0.493 e. The van der Waals surface area contributed by atoms with Gasteiger partial charge in [-0.05, 0) is 55.3 Å². The van der Waals surface area contributed by atoms with E-state index in [0.717, 1.165) is 27.6 Å². The summed E-state index contributed by atoms with van der Waals surface area (Å²) in [5.41, 5.74) is 4.75. The number of anilines is 1. The standard InChI is InChI=1S/C26H21Cl2NO3/c1-3-31-24-14-25-20(21(15-32-25)17-8-10-18(27)11-9-17)13-19(24)16(2)12-26(30)29-23-7-5-4-6-22(23)28/h4-15H,3H2,1-2H3,(H,29,30)/b16-12+. The van der Waals surface area contributed by atoms with Crippen LogP contribution in [0.1, 0.15) is 19.4 Å². The Bertz CT molecular complexity index is 1310. The van der Waals surface area contributed by atoms with Gasteiger partial charge in [0.1, 0.15) is 11.3 Å². The summed E-state index contributed by atoms with van der Waals surface area (Å²) in [7, 11) is 0. The topological polar surface area (TPSA) is 51.5 Å². The van der Waals surface area contributed by atoms with E-state index in [2.05, 4.69) is 5.32 Å². The number of rotatable bonds is 6. The Kier molecular flexibility index (Phi) is 6.54. The van der Waals surface area contributed by atoms with Gasteiger partial charge in [0, 0.05) is 33.7 Å². The average Bonchev–Trinajstić information content (AvgIpc) is 3.18. The van der Waals surface area contributed by atoms with Gasteiger partial charge in [0.2, 0.25) is 5.91 Å². The van der Waals surface area contributed by atoms with E-state index in [0.29, 0.717) is 33.7 Å². The minimum absolute atomic E-state index is 0.275. The predicted octanol–water partition coefficient (Wildman–Crippen LogP) is 7.85. The monoisotopic (exact) mass is 465 g/mol. The van der Waals surface area contributed by atoms with Crippen LogP contribution in [0.25, 0.3) is 27.7 Å². The molecule has 0 spiro atoms. The van der Waals surface area contributed by atoms with Crippen LogP contribution in [0.5, 0.6) is 5.75 Å². The molecule has 162 valence electrons. The zero-order valence-corrected chi connectivity index (χ0v) is 19.1. The number of ether oxygens (including phenoxy) is 1. The van der Waals surface area contributed by atoms with Gasteiger partial charge in [0.15, 0.2) is 0 Å². The van der Waals surface area contributed by atoms with Crippen LogP contribution in [0, 0.1) is 0 Å². The van der Waals surface area contributed by atoms with Crippen LogP contribution in [-0.2, 0) is 4.79 Å². The number of para-hydroxylation sites is 1. The molecule has 0 aliphatic rings. The molecule has 0 fully saturated rings. The Labute approximate surface area is 196 Å². The van der Waals surface area contributed by atoms with E-state index in [1.165, 1.54) is 6.08 Å². The first-order chi connectivity index (χ1) is 15.5. The molecule has 4 nitrogen and oxygen atoms in total. The molecule has 4 rings (SSSR count). The fourth-order valence-electron chi connectivity index (χ4n) is 3.50. The summed E-state index contributed by atoms with van der Waals surface area (Å²) in [5, 5.41) is 4.89. The molecule has 0 aliphatic heterocycles. The molecule has 3 aromatic carbocycles. The molecule has 0 saturated carbocycles. The molecule has 0 radical (unpaired) electrons. The third-order valence-electron chi connectivity index (χ3n) is 5.03. The lowest BCUT2D eigenvalue weighted by atomic mass is 9.99. The SMILES string of the molecule is CCOc1cc2occ(-c3ccc(Cl)cc3)c2cc1/C(C)=C/C(=O)Nc1ccccc1Cl. The van der Waals surface area contributed by atoms with Crippen molar-refractivity contribution in [2.45, 2.75) is 13.8 Å². The molecule has 1 heterocycles. The summed E-state index contributed by atoms with van der Waals surface area (Å²) >= 11 is 12.2. The van der Waals surface area contributed by atoms with Crippen molar-refractivity contribution in [3.8, 4) is 16.9 Å². The number of nitrogens with one attached hydrogen (secondary N) is 1. The maximum atomic E-state index is 12.6. The Morgan fingerprint density at radius 3 is 2.56 bits per heavy atom. The normalized spacial score (nSPS) is 11.6. The lowest BCUT2D eigenvalue weighted by molar-refractivity contribution is -0.111. The summed E-state index contributed by atoms with van der Waals surface area (Å²) in [4.78, 5) is 12.6. The van der Waals surface area contributed by atoms with Crippen LogP contribution < -0.4 is 10.1 Å². The molecule has 6 heteroatoms. The smallest absolute Gasteiger partial charge is 0.248 e. The van der Waals surface area contributed by atoms with Crippen LogP contribution in [0.15, 0.2) is 77.4 Å². The molecule has 4 aromatic rings. The maximum Gasteiger partial charge on any atom is 0.248 e. The molecule has 1 aromatic heterocycles. The van der Waals surface area contributed by atoms with E-state index < -0.39 is 0 Å². The second-order valence-corrected chi connectivity index (χ2v) is 8.07.